The third-order valence-electron chi connectivity index (χ3n) is 8.99. The number of benzene rings is 1. The number of carbonyl (C=O) groups is 3. The summed E-state index contributed by atoms with van der Waals surface area (Å²) in [6.45, 7) is 5.36. The highest BCUT2D eigenvalue weighted by atomic mass is 16.5. The number of rotatable bonds is 9. The molecule has 5 rings (SSSR count). The molecule has 2 bridgehead atoms. The van der Waals surface area contributed by atoms with E-state index in [-0.39, 0.29) is 37.0 Å². The number of ether oxygens (including phenoxy) is 1. The maximum absolute atomic E-state index is 13.6. The molecular formula is C28H38N2O6. The molecule has 1 amide bonds. The number of carboxylic acids is 1. The van der Waals surface area contributed by atoms with E-state index in [0.717, 1.165) is 17.7 Å². The van der Waals surface area contributed by atoms with Crippen LogP contribution in [0, 0.1) is 17.8 Å². The van der Waals surface area contributed by atoms with Gasteiger partial charge < -0.3 is 20.3 Å². The fourth-order valence-corrected chi connectivity index (χ4v) is 7.09. The Morgan fingerprint density at radius 1 is 1.28 bits per heavy atom. The molecule has 0 spiro atoms. The van der Waals surface area contributed by atoms with Crippen LogP contribution in [0.15, 0.2) is 18.2 Å². The van der Waals surface area contributed by atoms with Gasteiger partial charge in [-0.1, -0.05) is 19.9 Å². The number of carboxylic acid groups (broad SMARTS) is 1. The summed E-state index contributed by atoms with van der Waals surface area (Å²) in [5, 5.41) is 24.5. The molecule has 3 fully saturated rings. The molecule has 36 heavy (non-hydrogen) atoms. The molecule has 1 unspecified atom stereocenters. The van der Waals surface area contributed by atoms with Crippen molar-refractivity contribution in [1.82, 2.24) is 10.2 Å². The van der Waals surface area contributed by atoms with Crippen LogP contribution in [0.4, 0.5) is 0 Å². The van der Waals surface area contributed by atoms with Gasteiger partial charge in [0.1, 0.15) is 17.6 Å². The molecule has 3 aliphatic carbocycles. The Morgan fingerprint density at radius 3 is 2.67 bits per heavy atom. The molecule has 0 aromatic heterocycles. The largest absolute Gasteiger partial charge is 0.497 e. The Bertz CT molecular complexity index is 1070. The third kappa shape index (κ3) is 4.22. The molecule has 3 N–H and O–H groups in total. The van der Waals surface area contributed by atoms with Crippen LogP contribution in [0.25, 0.3) is 0 Å². The average Bonchev–Trinajstić information content (AvgIpc) is 3.61. The number of hydrogen-bond donors (Lipinski definition) is 3. The number of hydrogen-bond acceptors (Lipinski definition) is 6. The molecule has 1 aliphatic heterocycles. The predicted molar refractivity (Wildman–Crippen MR) is 133 cm³/mol. The fraction of sp³-hybridized carbons (Fsp3) is 0.679. The van der Waals surface area contributed by atoms with Gasteiger partial charge in [0.2, 0.25) is 5.91 Å². The van der Waals surface area contributed by atoms with E-state index in [9.17, 15) is 24.6 Å². The summed E-state index contributed by atoms with van der Waals surface area (Å²) in [5.41, 5.74) is 0.299. The molecule has 8 heteroatoms. The molecular weight excluding hydrogens is 460 g/mol. The number of methoxy groups -OCH3 is 1. The Balaban J connectivity index is 1.42. The average molecular weight is 499 g/mol. The van der Waals surface area contributed by atoms with E-state index < -0.39 is 34.9 Å². The number of nitrogens with zero attached hydrogens (tertiary/aromatic N) is 1. The lowest BCUT2D eigenvalue weighted by atomic mass is 9.53. The second-order valence-electron chi connectivity index (χ2n) is 12.0. The lowest BCUT2D eigenvalue weighted by Gasteiger charge is -2.53. The minimum absolute atomic E-state index is 0.0340. The van der Waals surface area contributed by atoms with Crippen molar-refractivity contribution in [1.29, 1.82) is 0 Å². The SMILES string of the molecule is COc1ccc2c(c1)C13CC(=O)[C@@H](CC(=O)N[C@@H](CC(C)C)C(=O)O)C[C@@]1(O)[C@@H](C2)N(CC1CC1)C3. The van der Waals surface area contributed by atoms with Crippen molar-refractivity contribution in [2.45, 2.75) is 81.9 Å². The zero-order valence-electron chi connectivity index (χ0n) is 21.5. The van der Waals surface area contributed by atoms with Crippen molar-refractivity contribution in [2.75, 3.05) is 20.2 Å². The van der Waals surface area contributed by atoms with Crippen LogP contribution in [0.3, 0.4) is 0 Å². The van der Waals surface area contributed by atoms with E-state index in [4.69, 9.17) is 4.74 Å². The normalized spacial score (nSPS) is 32.1. The van der Waals surface area contributed by atoms with Gasteiger partial charge in [0, 0.05) is 43.3 Å². The monoisotopic (exact) mass is 498 g/mol. The topological polar surface area (TPSA) is 116 Å². The lowest BCUT2D eigenvalue weighted by Crippen LogP contribution is -2.63. The van der Waals surface area contributed by atoms with Gasteiger partial charge in [-0.2, -0.15) is 0 Å². The van der Waals surface area contributed by atoms with Crippen LogP contribution in [0.5, 0.6) is 5.75 Å². The molecule has 4 aliphatic rings. The minimum Gasteiger partial charge on any atom is -0.497 e. The number of likely N-dealkylation sites (tertiary alicyclic amines) is 1. The zero-order chi connectivity index (χ0) is 25.8. The second kappa shape index (κ2) is 9.14. The molecule has 1 aromatic carbocycles. The van der Waals surface area contributed by atoms with Crippen LogP contribution < -0.4 is 10.1 Å². The van der Waals surface area contributed by atoms with Gasteiger partial charge in [0.15, 0.2) is 0 Å². The Kier molecular flexibility index (Phi) is 6.40. The van der Waals surface area contributed by atoms with E-state index in [1.807, 2.05) is 26.0 Å². The van der Waals surface area contributed by atoms with Crippen LogP contribution >= 0.6 is 0 Å². The van der Waals surface area contributed by atoms with E-state index in [1.54, 1.807) is 7.11 Å². The molecule has 1 saturated heterocycles. The van der Waals surface area contributed by atoms with Gasteiger partial charge in [0.05, 0.1) is 12.7 Å². The van der Waals surface area contributed by atoms with E-state index in [2.05, 4.69) is 16.3 Å². The number of carbonyl (C=O) groups excluding carboxylic acids is 2. The highest BCUT2D eigenvalue weighted by molar-refractivity contribution is 5.91. The molecule has 8 nitrogen and oxygen atoms in total. The van der Waals surface area contributed by atoms with Crippen LogP contribution in [-0.2, 0) is 26.2 Å². The number of ketones is 1. The maximum atomic E-state index is 13.6. The number of fused-ring (bicyclic) bond motifs is 1. The smallest absolute Gasteiger partial charge is 0.326 e. The van der Waals surface area contributed by atoms with Crippen LogP contribution in [0.2, 0.25) is 0 Å². The van der Waals surface area contributed by atoms with Gasteiger partial charge in [0.25, 0.3) is 0 Å². The van der Waals surface area contributed by atoms with Gasteiger partial charge in [-0.25, -0.2) is 4.79 Å². The number of aliphatic carboxylic acids is 1. The Morgan fingerprint density at radius 2 is 2.03 bits per heavy atom. The molecule has 2 saturated carbocycles. The molecule has 196 valence electrons. The molecule has 5 atom stereocenters. The number of nitrogens with one attached hydrogen (secondary N) is 1. The first-order valence-electron chi connectivity index (χ1n) is 13.2. The predicted octanol–water partition coefficient (Wildman–Crippen LogP) is 2.30. The summed E-state index contributed by atoms with van der Waals surface area (Å²) in [5.74, 6) is -0.716. The second-order valence-corrected chi connectivity index (χ2v) is 12.0. The first kappa shape index (κ1) is 25.2. The minimum atomic E-state index is -1.13. The van der Waals surface area contributed by atoms with Gasteiger partial charge in [-0.05, 0) is 67.2 Å². The lowest BCUT2D eigenvalue weighted by molar-refractivity contribution is -0.146. The summed E-state index contributed by atoms with van der Waals surface area (Å²) in [6, 6.07) is 4.91. The standard InChI is InChI=1S/C28H38N2O6/c1-16(2)8-22(26(33)34)29-25(32)10-19-12-28(35)24-9-18-6-7-20(36-3)11-21(18)27(28,13-23(19)31)15-30(24)14-17-4-5-17/h6-7,11,16-17,19,22,24,35H,4-5,8-10,12-15H2,1-3H3,(H,29,32)(H,33,34)/t19-,22-,24+,27?,28+/m0/s1. The van der Waals surface area contributed by atoms with E-state index in [0.29, 0.717) is 31.1 Å². The maximum Gasteiger partial charge on any atom is 0.326 e. The summed E-state index contributed by atoms with van der Waals surface area (Å²) < 4.78 is 5.50. The van der Waals surface area contributed by atoms with Crippen molar-refractivity contribution in [3.8, 4) is 5.75 Å². The van der Waals surface area contributed by atoms with Crippen molar-refractivity contribution < 1.29 is 29.3 Å². The first-order valence-corrected chi connectivity index (χ1v) is 13.2. The molecule has 0 radical (unpaired) electrons. The van der Waals surface area contributed by atoms with E-state index in [1.165, 1.54) is 12.8 Å². The van der Waals surface area contributed by atoms with Crippen molar-refractivity contribution in [2.24, 2.45) is 17.8 Å². The summed E-state index contributed by atoms with van der Waals surface area (Å²) >= 11 is 0. The van der Waals surface area contributed by atoms with Crippen molar-refractivity contribution in [3.63, 3.8) is 0 Å². The van der Waals surface area contributed by atoms with Gasteiger partial charge >= 0.3 is 5.97 Å². The highest BCUT2D eigenvalue weighted by Crippen LogP contribution is 2.60. The van der Waals surface area contributed by atoms with Crippen LogP contribution in [-0.4, -0.2) is 70.7 Å². The molecule has 1 aromatic rings. The number of aliphatic hydroxyl groups is 1. The van der Waals surface area contributed by atoms with E-state index >= 15 is 0 Å². The third-order valence-corrected chi connectivity index (χ3v) is 8.99. The van der Waals surface area contributed by atoms with Crippen LogP contribution in [0.1, 0.15) is 63.5 Å². The fourth-order valence-electron chi connectivity index (χ4n) is 7.09. The first-order chi connectivity index (χ1) is 17.1. The van der Waals surface area contributed by atoms with Crippen molar-refractivity contribution >= 4 is 17.7 Å². The van der Waals surface area contributed by atoms with Crippen molar-refractivity contribution in [3.05, 3.63) is 29.3 Å². The van der Waals surface area contributed by atoms with Gasteiger partial charge in [-0.3, -0.25) is 14.5 Å². The number of Topliss-reactive ketones (excluding diaryl/α,β-unsaturated/α-hetero) is 1. The summed E-state index contributed by atoms with van der Waals surface area (Å²) in [4.78, 5) is 40.4. The molecule has 1 heterocycles. The van der Waals surface area contributed by atoms with Gasteiger partial charge in [-0.15, -0.1) is 0 Å². The Labute approximate surface area is 212 Å². The quantitative estimate of drug-likeness (QED) is 0.478. The zero-order valence-corrected chi connectivity index (χ0v) is 21.5. The summed E-state index contributed by atoms with van der Waals surface area (Å²) in [7, 11) is 1.62. The number of amides is 1. The Hall–Kier alpha value is -2.45. The summed E-state index contributed by atoms with van der Waals surface area (Å²) in [6.07, 6.45) is 3.73. The highest BCUT2D eigenvalue weighted by Gasteiger charge is 2.69.